The fraction of sp³-hybridized carbons (Fsp3) is 0.0462. The Balaban J connectivity index is 1.11. The summed E-state index contributed by atoms with van der Waals surface area (Å²) in [5.41, 5.74) is 6.50. The van der Waals surface area contributed by atoms with Crippen molar-refractivity contribution in [3.05, 3.63) is 257 Å². The van der Waals surface area contributed by atoms with Crippen LogP contribution in [0.15, 0.2) is 246 Å². The molecule has 14 rings (SSSR count). The number of aromatic nitrogens is 3. The highest BCUT2D eigenvalue weighted by Gasteiger charge is 2.41. The number of allylic oxidation sites excluding steroid dienone is 4. The van der Waals surface area contributed by atoms with E-state index in [2.05, 4.69) is 104 Å². The number of rotatable bonds is 5. The van der Waals surface area contributed by atoms with Crippen molar-refractivity contribution in [3.63, 3.8) is 0 Å². The minimum absolute atomic E-state index is 0.135. The van der Waals surface area contributed by atoms with E-state index in [0.29, 0.717) is 28.5 Å². The van der Waals surface area contributed by atoms with E-state index in [1.807, 2.05) is 115 Å². The molecule has 0 atom stereocenters. The van der Waals surface area contributed by atoms with Gasteiger partial charge >= 0.3 is 12.4 Å². The van der Waals surface area contributed by atoms with Gasteiger partial charge in [-0.3, -0.25) is 0 Å². The van der Waals surface area contributed by atoms with Gasteiger partial charge in [-0.25, -0.2) is 9.98 Å². The summed E-state index contributed by atoms with van der Waals surface area (Å²) in [6.45, 7) is 0. The predicted molar refractivity (Wildman–Crippen MR) is 298 cm³/mol. The lowest BCUT2D eigenvalue weighted by Crippen LogP contribution is -2.38. The number of aliphatic imine (C=N–C) groups is 2. The molecule has 12 aromatic rings. The Hall–Kier alpha value is -9.68. The topological polar surface area (TPSA) is 51.5 Å². The van der Waals surface area contributed by atoms with Crippen LogP contribution < -0.4 is 15.8 Å². The molecule has 0 radical (unpaired) electrons. The molecule has 12 heteroatoms. The zero-order valence-electron chi connectivity index (χ0n) is 40.6. The van der Waals surface area contributed by atoms with E-state index in [0.717, 1.165) is 82.9 Å². The first-order chi connectivity index (χ1) is 37.4. The first-order valence-electron chi connectivity index (χ1n) is 25.0. The van der Waals surface area contributed by atoms with Gasteiger partial charge in [-0.1, -0.05) is 152 Å². The van der Waals surface area contributed by atoms with Gasteiger partial charge in [0.2, 0.25) is 0 Å². The molecule has 1 aliphatic heterocycles. The van der Waals surface area contributed by atoms with Gasteiger partial charge in [0.1, 0.15) is 11.7 Å². The Bertz CT molecular complexity index is 4430. The second-order valence-electron chi connectivity index (χ2n) is 19.3. The van der Waals surface area contributed by atoms with Gasteiger partial charge in [0.05, 0.1) is 38.7 Å². The number of nitrogens with zero attached hydrogens (tertiary/aromatic N) is 5. The summed E-state index contributed by atoms with van der Waals surface area (Å²) < 4.78 is 95.1. The van der Waals surface area contributed by atoms with Gasteiger partial charge in [-0.2, -0.15) is 26.3 Å². The Morgan fingerprint density at radius 3 is 1.30 bits per heavy atom. The zero-order chi connectivity index (χ0) is 52.2. The van der Waals surface area contributed by atoms with Crippen LogP contribution in [0.4, 0.5) is 26.3 Å². The van der Waals surface area contributed by atoms with E-state index in [4.69, 9.17) is 9.98 Å². The summed E-state index contributed by atoms with van der Waals surface area (Å²) in [5, 5.41) is 10.0. The third-order valence-corrected chi connectivity index (χ3v) is 14.8. The number of halogens is 6. The lowest BCUT2D eigenvalue weighted by Gasteiger charge is -2.21. The molecule has 0 amide bonds. The van der Waals surface area contributed by atoms with Crippen LogP contribution in [0, 0.1) is 0 Å². The standard InChI is InChI=1S/C65H40F6N6/c66-64(67,68)42-33-41(34-43(35-42)65(69,70)71)47-30-27-44(36-54(47)63-73-61(39-15-3-1-4-16-39)72-62(74-63)40-17-5-2-6-18-40)77-59-37-45(75-55-23-11-7-19-48(55)49-20-8-12-24-56(49)75)28-31-52(59)53-32-29-46(38-60(53)77)76-57-25-13-9-21-50(57)51-22-10-14-26-58(51)76/h1-33,35-38H,34H2,(H,72,73,74). The van der Waals surface area contributed by atoms with Crippen LogP contribution in [0.3, 0.4) is 0 Å². The largest absolute Gasteiger partial charge is 0.416 e. The fourth-order valence-electron chi connectivity index (χ4n) is 11.3. The maximum atomic E-state index is 14.7. The highest BCUT2D eigenvalue weighted by atomic mass is 19.4. The third kappa shape index (κ3) is 7.65. The summed E-state index contributed by atoms with van der Waals surface area (Å²) in [5.74, 6) is 0.879. The first-order valence-corrected chi connectivity index (χ1v) is 25.0. The molecule has 4 heterocycles. The first kappa shape index (κ1) is 45.9. The maximum Gasteiger partial charge on any atom is 0.416 e. The van der Waals surface area contributed by atoms with Crippen LogP contribution >= 0.6 is 0 Å². The summed E-state index contributed by atoms with van der Waals surface area (Å²) >= 11 is 0. The van der Waals surface area contributed by atoms with Crippen LogP contribution in [-0.4, -0.2) is 37.7 Å². The molecule has 1 N–H and O–H groups in total. The molecule has 0 unspecified atom stereocenters. The quantitative estimate of drug-likeness (QED) is 0.172. The van der Waals surface area contributed by atoms with Crippen molar-refractivity contribution in [1.82, 2.24) is 19.0 Å². The number of benzene rings is 9. The normalized spacial score (nSPS) is 15.8. The van der Waals surface area contributed by atoms with Crippen LogP contribution in [-0.2, 0) is 0 Å². The van der Waals surface area contributed by atoms with Crippen molar-refractivity contribution in [2.24, 2.45) is 9.98 Å². The zero-order valence-corrected chi connectivity index (χ0v) is 40.6. The van der Waals surface area contributed by atoms with E-state index in [-0.39, 0.29) is 27.9 Å². The summed E-state index contributed by atoms with van der Waals surface area (Å²) in [6, 6.07) is 69.6. The molecule has 77 heavy (non-hydrogen) atoms. The summed E-state index contributed by atoms with van der Waals surface area (Å²) in [6.07, 6.45) is -9.89. The highest BCUT2D eigenvalue weighted by molar-refractivity contribution is 6.17. The lowest BCUT2D eigenvalue weighted by molar-refractivity contribution is -0.0970. The summed E-state index contributed by atoms with van der Waals surface area (Å²) in [4.78, 5) is 10.0. The Morgan fingerprint density at radius 1 is 0.377 bits per heavy atom. The highest BCUT2D eigenvalue weighted by Crippen LogP contribution is 2.42. The average molecular weight is 1020 g/mol. The lowest BCUT2D eigenvalue weighted by atomic mass is 9.92. The number of fused-ring (bicyclic) bond motifs is 9. The molecule has 372 valence electrons. The van der Waals surface area contributed by atoms with E-state index >= 15 is 0 Å². The van der Waals surface area contributed by atoms with E-state index in [9.17, 15) is 26.3 Å². The second-order valence-corrected chi connectivity index (χ2v) is 19.3. The molecular weight excluding hydrogens is 979 g/mol. The molecule has 0 saturated heterocycles. The smallest absolute Gasteiger partial charge is 0.324 e. The Kier molecular flexibility index (Phi) is 10.4. The fourth-order valence-corrected chi connectivity index (χ4v) is 11.3. The van der Waals surface area contributed by atoms with Gasteiger partial charge in [-0.05, 0) is 83.6 Å². The van der Waals surface area contributed by atoms with Crippen molar-refractivity contribution < 1.29 is 26.3 Å². The van der Waals surface area contributed by atoms with Crippen molar-refractivity contribution in [1.29, 1.82) is 0 Å². The van der Waals surface area contributed by atoms with Crippen molar-refractivity contribution in [2.75, 3.05) is 0 Å². The SMILES string of the molecule is FC(F)(F)C1=CC(=c2ccc(-n3c4cc(-n5c6ccccc6c6ccccc65)ccc4c4ccc(-n5c6ccccc6c6ccccc65)cc43)cc2=C2N=C(c3ccccc3)N=C(c3ccccc3)N2)CC(C(F)(F)F)=C1. The van der Waals surface area contributed by atoms with Crippen molar-refractivity contribution in [2.45, 2.75) is 18.8 Å². The van der Waals surface area contributed by atoms with Crippen molar-refractivity contribution in [3.8, 4) is 17.1 Å². The minimum atomic E-state index is -5.07. The monoisotopic (exact) mass is 1020 g/mol. The molecular formula is C65H40F6N6. The van der Waals surface area contributed by atoms with Crippen LogP contribution in [0.2, 0.25) is 0 Å². The number of para-hydroxylation sites is 4. The van der Waals surface area contributed by atoms with Gasteiger partial charge in [-0.15, -0.1) is 0 Å². The molecule has 1 aliphatic carbocycles. The minimum Gasteiger partial charge on any atom is -0.324 e. The molecule has 9 aromatic carbocycles. The molecule has 2 aliphatic rings. The van der Waals surface area contributed by atoms with Gasteiger partial charge in [0.25, 0.3) is 0 Å². The number of hydrogen-bond donors (Lipinski definition) is 1. The summed E-state index contributed by atoms with van der Waals surface area (Å²) in [7, 11) is 0. The van der Waals surface area contributed by atoms with E-state index < -0.39 is 29.9 Å². The van der Waals surface area contributed by atoms with Gasteiger partial charge in [0, 0.05) is 77.7 Å². The average Bonchev–Trinajstić information content (AvgIpc) is 4.20. The Labute approximate surface area is 435 Å². The number of hydrogen-bond acceptors (Lipinski definition) is 3. The van der Waals surface area contributed by atoms with Crippen LogP contribution in [0.5, 0.6) is 0 Å². The molecule has 6 nitrogen and oxygen atoms in total. The predicted octanol–water partition coefficient (Wildman–Crippen LogP) is 15.1. The molecule has 0 bridgehead atoms. The molecule has 0 fully saturated rings. The number of alkyl halides is 6. The molecule has 3 aromatic heterocycles. The number of amidine groups is 2. The van der Waals surface area contributed by atoms with Crippen LogP contribution in [0.1, 0.15) is 17.5 Å². The second kappa shape index (κ2) is 17.5. The van der Waals surface area contributed by atoms with Crippen molar-refractivity contribution >= 4 is 88.5 Å². The van der Waals surface area contributed by atoms with Gasteiger partial charge < -0.3 is 19.0 Å². The Morgan fingerprint density at radius 2 is 0.805 bits per heavy atom. The molecule has 0 spiro atoms. The van der Waals surface area contributed by atoms with E-state index in [1.54, 1.807) is 12.1 Å². The number of nitrogens with one attached hydrogen (secondary N) is 1. The van der Waals surface area contributed by atoms with Crippen LogP contribution in [0.25, 0.3) is 93.9 Å². The molecule has 0 saturated carbocycles. The maximum absolute atomic E-state index is 14.7. The van der Waals surface area contributed by atoms with Gasteiger partial charge in [0.15, 0.2) is 5.84 Å². The van der Waals surface area contributed by atoms with E-state index in [1.165, 1.54) is 0 Å². The third-order valence-electron chi connectivity index (χ3n) is 14.8.